The summed E-state index contributed by atoms with van der Waals surface area (Å²) in [7, 11) is -4.48. The summed E-state index contributed by atoms with van der Waals surface area (Å²) in [5.74, 6) is -1.77. The van der Waals surface area contributed by atoms with Gasteiger partial charge in [-0.1, -0.05) is 0 Å². The van der Waals surface area contributed by atoms with Crippen molar-refractivity contribution in [1.82, 2.24) is 13.3 Å². The zero-order valence-electron chi connectivity index (χ0n) is 12.0. The van der Waals surface area contributed by atoms with E-state index in [2.05, 4.69) is 4.72 Å². The first-order valence-corrected chi connectivity index (χ1v) is 9.49. The smallest absolute Gasteiger partial charge is 0.306 e. The van der Waals surface area contributed by atoms with Gasteiger partial charge in [-0.25, -0.2) is 17.4 Å². The molecule has 1 aliphatic heterocycles. The summed E-state index contributed by atoms with van der Waals surface area (Å²) in [6.07, 6.45) is 0.512. The highest BCUT2D eigenvalue weighted by Crippen LogP contribution is 2.18. The van der Waals surface area contributed by atoms with E-state index in [9.17, 15) is 21.6 Å². The molecule has 11 heteroatoms. The fraction of sp³-hybridized carbons (Fsp3) is 0.900. The number of carboxylic acid groups (broad SMARTS) is 1. The molecule has 1 rings (SSSR count). The van der Waals surface area contributed by atoms with Crippen LogP contribution in [0.3, 0.4) is 0 Å². The maximum atomic E-state index is 12.0. The molecule has 0 atom stereocenters. The zero-order valence-corrected chi connectivity index (χ0v) is 13.7. The van der Waals surface area contributed by atoms with Crippen molar-refractivity contribution in [3.05, 3.63) is 0 Å². The molecule has 124 valence electrons. The van der Waals surface area contributed by atoms with Gasteiger partial charge in [0.05, 0.1) is 11.7 Å². The lowest BCUT2D eigenvalue weighted by Gasteiger charge is -2.29. The van der Waals surface area contributed by atoms with Crippen molar-refractivity contribution in [3.63, 3.8) is 0 Å². The number of nitrogens with zero attached hydrogens (tertiary/aromatic N) is 2. The third kappa shape index (κ3) is 5.18. The van der Waals surface area contributed by atoms with E-state index in [4.69, 9.17) is 5.11 Å². The number of rotatable bonds is 7. The topological polar surface area (TPSA) is 124 Å². The fourth-order valence-electron chi connectivity index (χ4n) is 1.92. The number of piperidine rings is 1. The summed E-state index contributed by atoms with van der Waals surface area (Å²) in [6, 6.07) is 0. The number of nitrogens with one attached hydrogen (secondary N) is 1. The van der Waals surface area contributed by atoms with Crippen LogP contribution in [-0.4, -0.2) is 76.0 Å². The molecule has 0 spiro atoms. The molecule has 0 unspecified atom stereocenters. The maximum Gasteiger partial charge on any atom is 0.306 e. The van der Waals surface area contributed by atoms with Crippen LogP contribution in [0.1, 0.15) is 12.8 Å². The number of carbonyl (C=O) groups is 1. The first kappa shape index (κ1) is 18.3. The van der Waals surface area contributed by atoms with E-state index < -0.39 is 32.1 Å². The number of hydrogen-bond donors (Lipinski definition) is 2. The van der Waals surface area contributed by atoms with Crippen molar-refractivity contribution in [2.75, 3.05) is 39.5 Å². The van der Waals surface area contributed by atoms with Gasteiger partial charge in [0.2, 0.25) is 10.0 Å². The van der Waals surface area contributed by atoms with Gasteiger partial charge in [0.15, 0.2) is 0 Å². The Bertz CT molecular complexity index is 564. The minimum atomic E-state index is -3.77. The molecule has 1 aliphatic rings. The normalized spacial score (nSPS) is 19.0. The van der Waals surface area contributed by atoms with Gasteiger partial charge in [0, 0.05) is 33.7 Å². The van der Waals surface area contributed by atoms with Crippen LogP contribution in [0, 0.1) is 5.92 Å². The largest absolute Gasteiger partial charge is 0.481 e. The lowest BCUT2D eigenvalue weighted by Crippen LogP contribution is -2.47. The SMILES string of the molecule is CN(C)S(=O)(=O)CCNS(=O)(=O)N1CCC(C(=O)O)CC1. The predicted octanol–water partition coefficient (Wildman–Crippen LogP) is -1.49. The second-order valence-corrected chi connectivity index (χ2v) is 9.07. The van der Waals surface area contributed by atoms with Crippen molar-refractivity contribution in [2.24, 2.45) is 5.92 Å². The third-order valence-electron chi connectivity index (χ3n) is 3.34. The minimum absolute atomic E-state index is 0.118. The van der Waals surface area contributed by atoms with Crippen molar-refractivity contribution in [1.29, 1.82) is 0 Å². The van der Waals surface area contributed by atoms with Crippen LogP contribution < -0.4 is 4.72 Å². The molecule has 0 aromatic carbocycles. The second-order valence-electron chi connectivity index (χ2n) is 5.01. The number of aliphatic carboxylic acids is 1. The molecule has 0 amide bonds. The lowest BCUT2D eigenvalue weighted by atomic mass is 9.99. The van der Waals surface area contributed by atoms with E-state index in [0.717, 1.165) is 8.61 Å². The van der Waals surface area contributed by atoms with Crippen LogP contribution in [0.25, 0.3) is 0 Å². The van der Waals surface area contributed by atoms with Crippen molar-refractivity contribution < 1.29 is 26.7 Å². The Morgan fingerprint density at radius 1 is 1.24 bits per heavy atom. The lowest BCUT2D eigenvalue weighted by molar-refractivity contribution is -0.142. The summed E-state index contributed by atoms with van der Waals surface area (Å²) >= 11 is 0. The number of sulfonamides is 1. The summed E-state index contributed by atoms with van der Waals surface area (Å²) < 4.78 is 51.4. The summed E-state index contributed by atoms with van der Waals surface area (Å²) in [5, 5.41) is 8.86. The van der Waals surface area contributed by atoms with E-state index in [1.165, 1.54) is 14.1 Å². The molecule has 0 radical (unpaired) electrons. The van der Waals surface area contributed by atoms with Crippen LogP contribution in [0.5, 0.6) is 0 Å². The van der Waals surface area contributed by atoms with Crippen LogP contribution in [-0.2, 0) is 25.0 Å². The Hall–Kier alpha value is -0.750. The minimum Gasteiger partial charge on any atom is -0.481 e. The fourth-order valence-corrected chi connectivity index (χ4v) is 4.01. The van der Waals surface area contributed by atoms with Crippen LogP contribution in [0.2, 0.25) is 0 Å². The molecule has 1 fully saturated rings. The van der Waals surface area contributed by atoms with Crippen molar-refractivity contribution >= 4 is 26.2 Å². The third-order valence-corrected chi connectivity index (χ3v) is 6.79. The molecular formula is C10H21N3O6S2. The van der Waals surface area contributed by atoms with Gasteiger partial charge in [-0.15, -0.1) is 0 Å². The molecule has 0 bridgehead atoms. The highest BCUT2D eigenvalue weighted by Gasteiger charge is 2.30. The number of carboxylic acids is 1. The molecule has 21 heavy (non-hydrogen) atoms. The summed E-state index contributed by atoms with van der Waals surface area (Å²) in [4.78, 5) is 10.8. The molecule has 1 heterocycles. The molecule has 1 saturated heterocycles. The zero-order chi connectivity index (χ0) is 16.3. The number of hydrogen-bond acceptors (Lipinski definition) is 5. The average Bonchev–Trinajstić information content (AvgIpc) is 2.38. The molecule has 2 N–H and O–H groups in total. The standard InChI is InChI=1S/C10H21N3O6S2/c1-12(2)20(16,17)8-5-11-21(18,19)13-6-3-9(4-7-13)10(14)15/h9,11H,3-8H2,1-2H3,(H,14,15). The van der Waals surface area contributed by atoms with Gasteiger partial charge in [-0.05, 0) is 12.8 Å². The molecule has 0 aromatic rings. The van der Waals surface area contributed by atoms with Gasteiger partial charge in [-0.2, -0.15) is 12.7 Å². The van der Waals surface area contributed by atoms with E-state index >= 15 is 0 Å². The first-order chi connectivity index (χ1) is 9.56. The maximum absolute atomic E-state index is 12.0. The summed E-state index contributed by atoms with van der Waals surface area (Å²) in [6.45, 7) is 0.0150. The van der Waals surface area contributed by atoms with Gasteiger partial charge in [0.1, 0.15) is 0 Å². The molecule has 9 nitrogen and oxygen atoms in total. The van der Waals surface area contributed by atoms with E-state index in [0.29, 0.717) is 0 Å². The van der Waals surface area contributed by atoms with E-state index in [1.807, 2.05) is 0 Å². The van der Waals surface area contributed by atoms with Crippen LogP contribution in [0.4, 0.5) is 0 Å². The summed E-state index contributed by atoms with van der Waals surface area (Å²) in [5.41, 5.74) is 0. The highest BCUT2D eigenvalue weighted by molar-refractivity contribution is 7.89. The molecule has 0 saturated carbocycles. The van der Waals surface area contributed by atoms with Gasteiger partial charge < -0.3 is 5.11 Å². The van der Waals surface area contributed by atoms with Crippen LogP contribution >= 0.6 is 0 Å². The molecule has 0 aliphatic carbocycles. The van der Waals surface area contributed by atoms with E-state index in [-0.39, 0.29) is 38.2 Å². The van der Waals surface area contributed by atoms with Crippen LogP contribution in [0.15, 0.2) is 0 Å². The van der Waals surface area contributed by atoms with Crippen molar-refractivity contribution in [3.8, 4) is 0 Å². The second kappa shape index (κ2) is 7.01. The molecule has 0 aromatic heterocycles. The van der Waals surface area contributed by atoms with E-state index in [1.54, 1.807) is 0 Å². The average molecular weight is 343 g/mol. The quantitative estimate of drug-likeness (QED) is 0.580. The molecular weight excluding hydrogens is 322 g/mol. The Morgan fingerprint density at radius 2 is 1.76 bits per heavy atom. The highest BCUT2D eigenvalue weighted by atomic mass is 32.2. The first-order valence-electron chi connectivity index (χ1n) is 6.44. The van der Waals surface area contributed by atoms with Gasteiger partial charge >= 0.3 is 5.97 Å². The van der Waals surface area contributed by atoms with Gasteiger partial charge in [0.25, 0.3) is 10.2 Å². The Kier molecular flexibility index (Phi) is 6.11. The Labute approximate surface area is 125 Å². The Morgan fingerprint density at radius 3 is 2.19 bits per heavy atom. The monoisotopic (exact) mass is 343 g/mol. The Balaban J connectivity index is 2.50. The van der Waals surface area contributed by atoms with Gasteiger partial charge in [-0.3, -0.25) is 4.79 Å². The predicted molar refractivity (Wildman–Crippen MR) is 76.3 cm³/mol. The van der Waals surface area contributed by atoms with Crippen molar-refractivity contribution in [2.45, 2.75) is 12.8 Å².